The molecule has 27 heavy (non-hydrogen) atoms. The van der Waals surface area contributed by atoms with Crippen LogP contribution < -0.4 is 15.0 Å². The Bertz CT molecular complexity index is 810. The van der Waals surface area contributed by atoms with Crippen molar-refractivity contribution in [3.05, 3.63) is 41.1 Å². The molecule has 0 amide bonds. The SMILES string of the molecule is CC[C@@H](C)Nc1nc(C)cc(N2CCc3ccc(OC(F)(F)F)cc3C2)n1. The average Bonchev–Trinajstić information content (AvgIpc) is 2.59. The molecule has 146 valence electrons. The molecule has 0 aliphatic carbocycles. The highest BCUT2D eigenvalue weighted by Crippen LogP contribution is 2.30. The second-order valence-corrected chi connectivity index (χ2v) is 6.79. The number of hydrogen-bond donors (Lipinski definition) is 1. The smallest absolute Gasteiger partial charge is 0.406 e. The van der Waals surface area contributed by atoms with Crippen LogP contribution in [-0.4, -0.2) is 28.9 Å². The lowest BCUT2D eigenvalue weighted by molar-refractivity contribution is -0.274. The number of aryl methyl sites for hydroxylation is 1. The number of benzene rings is 1. The van der Waals surface area contributed by atoms with Crippen LogP contribution in [0.3, 0.4) is 0 Å². The minimum atomic E-state index is -4.69. The number of halogens is 3. The molecule has 1 aromatic carbocycles. The lowest BCUT2D eigenvalue weighted by Gasteiger charge is -2.30. The molecule has 0 saturated heterocycles. The van der Waals surface area contributed by atoms with E-state index in [1.54, 1.807) is 6.07 Å². The normalized spacial score (nSPS) is 15.3. The average molecular weight is 380 g/mol. The van der Waals surface area contributed by atoms with Crippen LogP contribution in [0.2, 0.25) is 0 Å². The van der Waals surface area contributed by atoms with E-state index in [0.717, 1.165) is 42.0 Å². The number of fused-ring (bicyclic) bond motifs is 1. The number of alkyl halides is 3. The fraction of sp³-hybridized carbons (Fsp3) is 0.474. The van der Waals surface area contributed by atoms with Crippen LogP contribution >= 0.6 is 0 Å². The second-order valence-electron chi connectivity index (χ2n) is 6.79. The summed E-state index contributed by atoms with van der Waals surface area (Å²) in [5, 5.41) is 3.27. The Morgan fingerprint density at radius 3 is 2.70 bits per heavy atom. The molecular formula is C19H23F3N4O. The van der Waals surface area contributed by atoms with Crippen LogP contribution in [-0.2, 0) is 13.0 Å². The Balaban J connectivity index is 1.81. The number of aromatic nitrogens is 2. The quantitative estimate of drug-likeness (QED) is 0.830. The molecule has 1 aliphatic rings. The highest BCUT2D eigenvalue weighted by atomic mass is 19.4. The Morgan fingerprint density at radius 2 is 2.00 bits per heavy atom. The van der Waals surface area contributed by atoms with Gasteiger partial charge in [-0.2, -0.15) is 4.98 Å². The molecule has 2 aromatic rings. The zero-order valence-corrected chi connectivity index (χ0v) is 15.6. The summed E-state index contributed by atoms with van der Waals surface area (Å²) in [5.41, 5.74) is 2.69. The lowest BCUT2D eigenvalue weighted by Crippen LogP contribution is -2.31. The predicted octanol–water partition coefficient (Wildman–Crippen LogP) is 4.46. The van der Waals surface area contributed by atoms with Gasteiger partial charge >= 0.3 is 6.36 Å². The molecule has 1 aromatic heterocycles. The maximum Gasteiger partial charge on any atom is 0.573 e. The molecule has 0 saturated carbocycles. The van der Waals surface area contributed by atoms with Crippen molar-refractivity contribution in [1.29, 1.82) is 0 Å². The van der Waals surface area contributed by atoms with Crippen molar-refractivity contribution >= 4 is 11.8 Å². The van der Waals surface area contributed by atoms with Crippen LogP contribution in [0, 0.1) is 6.92 Å². The van der Waals surface area contributed by atoms with Gasteiger partial charge in [-0.1, -0.05) is 13.0 Å². The van der Waals surface area contributed by atoms with Crippen molar-refractivity contribution in [3.8, 4) is 5.75 Å². The van der Waals surface area contributed by atoms with E-state index >= 15 is 0 Å². The predicted molar refractivity (Wildman–Crippen MR) is 98.0 cm³/mol. The first-order valence-electron chi connectivity index (χ1n) is 8.98. The number of hydrogen-bond acceptors (Lipinski definition) is 5. The number of nitrogens with zero attached hydrogens (tertiary/aromatic N) is 3. The highest BCUT2D eigenvalue weighted by Gasteiger charge is 2.31. The van der Waals surface area contributed by atoms with E-state index in [9.17, 15) is 13.2 Å². The van der Waals surface area contributed by atoms with Crippen molar-refractivity contribution in [2.24, 2.45) is 0 Å². The van der Waals surface area contributed by atoms with Crippen molar-refractivity contribution in [2.45, 2.75) is 52.6 Å². The Morgan fingerprint density at radius 1 is 1.22 bits per heavy atom. The number of ether oxygens (including phenoxy) is 1. The van der Waals surface area contributed by atoms with Gasteiger partial charge in [0.15, 0.2) is 0 Å². The zero-order chi connectivity index (χ0) is 19.6. The number of anilines is 2. The fourth-order valence-electron chi connectivity index (χ4n) is 3.03. The van der Waals surface area contributed by atoms with Gasteiger partial charge in [0.05, 0.1) is 0 Å². The topological polar surface area (TPSA) is 50.3 Å². The van der Waals surface area contributed by atoms with E-state index in [1.807, 2.05) is 13.0 Å². The summed E-state index contributed by atoms with van der Waals surface area (Å²) >= 11 is 0. The molecule has 8 heteroatoms. The summed E-state index contributed by atoms with van der Waals surface area (Å²) in [5.74, 6) is 1.14. The van der Waals surface area contributed by atoms with Crippen LogP contribution in [0.1, 0.15) is 37.1 Å². The van der Waals surface area contributed by atoms with Crippen molar-refractivity contribution < 1.29 is 17.9 Å². The third kappa shape index (κ3) is 5.02. The highest BCUT2D eigenvalue weighted by molar-refractivity contribution is 5.49. The van der Waals surface area contributed by atoms with Crippen LogP contribution in [0.25, 0.3) is 0 Å². The maximum absolute atomic E-state index is 12.5. The van der Waals surface area contributed by atoms with Gasteiger partial charge in [0, 0.05) is 30.9 Å². The van der Waals surface area contributed by atoms with Gasteiger partial charge in [-0.25, -0.2) is 4.98 Å². The minimum absolute atomic E-state index is 0.193. The van der Waals surface area contributed by atoms with Gasteiger partial charge in [0.1, 0.15) is 11.6 Å². The first-order valence-corrected chi connectivity index (χ1v) is 8.98. The van der Waals surface area contributed by atoms with E-state index in [-0.39, 0.29) is 11.8 Å². The Hall–Kier alpha value is -2.51. The van der Waals surface area contributed by atoms with Gasteiger partial charge in [0.2, 0.25) is 5.95 Å². The molecule has 1 aliphatic heterocycles. The molecule has 3 rings (SSSR count). The first kappa shape index (κ1) is 19.3. The van der Waals surface area contributed by atoms with Gasteiger partial charge in [-0.15, -0.1) is 13.2 Å². The van der Waals surface area contributed by atoms with E-state index < -0.39 is 6.36 Å². The Kier molecular flexibility index (Phi) is 5.43. The van der Waals surface area contributed by atoms with Crippen LogP contribution in [0.5, 0.6) is 5.75 Å². The molecule has 0 radical (unpaired) electrons. The summed E-state index contributed by atoms with van der Waals surface area (Å²) in [7, 11) is 0. The molecule has 5 nitrogen and oxygen atoms in total. The molecule has 0 unspecified atom stereocenters. The van der Waals surface area contributed by atoms with E-state index in [0.29, 0.717) is 12.5 Å². The molecule has 1 atom stereocenters. The summed E-state index contributed by atoms with van der Waals surface area (Å²) in [6.45, 7) is 7.26. The van der Waals surface area contributed by atoms with Crippen molar-refractivity contribution in [3.63, 3.8) is 0 Å². The minimum Gasteiger partial charge on any atom is -0.406 e. The molecule has 0 fully saturated rings. The van der Waals surface area contributed by atoms with Gasteiger partial charge in [-0.3, -0.25) is 0 Å². The van der Waals surface area contributed by atoms with Crippen LogP contribution in [0.4, 0.5) is 24.9 Å². The standard InChI is InChI=1S/C19H23F3N4O/c1-4-12(2)23-18-24-13(3)9-17(25-18)26-8-7-14-5-6-16(10-15(14)11-26)27-19(20,21)22/h5-6,9-10,12H,4,7-8,11H2,1-3H3,(H,23,24,25)/t12-/m1/s1. The molecule has 0 bridgehead atoms. The monoisotopic (exact) mass is 380 g/mol. The zero-order valence-electron chi connectivity index (χ0n) is 15.6. The summed E-state index contributed by atoms with van der Waals surface area (Å²) in [6, 6.07) is 6.67. The second kappa shape index (κ2) is 7.62. The van der Waals surface area contributed by atoms with E-state index in [4.69, 9.17) is 0 Å². The van der Waals surface area contributed by atoms with E-state index in [2.05, 4.69) is 38.8 Å². The molecule has 2 heterocycles. The lowest BCUT2D eigenvalue weighted by atomic mass is 9.99. The third-order valence-corrected chi connectivity index (χ3v) is 4.58. The van der Waals surface area contributed by atoms with Gasteiger partial charge in [-0.05, 0) is 49.9 Å². The summed E-state index contributed by atoms with van der Waals surface area (Å²) < 4.78 is 41.5. The number of rotatable bonds is 5. The summed E-state index contributed by atoms with van der Waals surface area (Å²) in [6.07, 6.45) is -3.01. The van der Waals surface area contributed by atoms with Crippen LogP contribution in [0.15, 0.2) is 24.3 Å². The van der Waals surface area contributed by atoms with Gasteiger partial charge < -0.3 is 15.0 Å². The van der Waals surface area contributed by atoms with E-state index in [1.165, 1.54) is 12.1 Å². The largest absolute Gasteiger partial charge is 0.573 e. The summed E-state index contributed by atoms with van der Waals surface area (Å²) in [4.78, 5) is 11.1. The Labute approximate surface area is 156 Å². The molecule has 1 N–H and O–H groups in total. The molecular weight excluding hydrogens is 357 g/mol. The number of nitrogens with one attached hydrogen (secondary N) is 1. The third-order valence-electron chi connectivity index (χ3n) is 4.58. The molecule has 0 spiro atoms. The van der Waals surface area contributed by atoms with Gasteiger partial charge in [0.25, 0.3) is 0 Å². The first-order chi connectivity index (χ1) is 12.7. The van der Waals surface area contributed by atoms with Crippen molar-refractivity contribution in [2.75, 3.05) is 16.8 Å². The fourth-order valence-corrected chi connectivity index (χ4v) is 3.03. The van der Waals surface area contributed by atoms with Crippen molar-refractivity contribution in [1.82, 2.24) is 9.97 Å². The maximum atomic E-state index is 12.5.